The minimum absolute atomic E-state index is 0.186. The maximum atomic E-state index is 12.0. The van der Waals surface area contributed by atoms with Crippen molar-refractivity contribution in [3.05, 3.63) is 65.2 Å². The van der Waals surface area contributed by atoms with Crippen LogP contribution in [0, 0.1) is 13.8 Å². The summed E-state index contributed by atoms with van der Waals surface area (Å²) in [4.78, 5) is 25.1. The summed E-state index contributed by atoms with van der Waals surface area (Å²) < 4.78 is 5.23. The highest BCUT2D eigenvalue weighted by atomic mass is 32.2. The molecule has 2 aromatic carbocycles. The first kappa shape index (κ1) is 20.0. The number of nitrogens with one attached hydrogen (secondary N) is 1. The lowest BCUT2D eigenvalue weighted by atomic mass is 10.1. The van der Waals surface area contributed by atoms with Crippen LogP contribution in [0.3, 0.4) is 0 Å². The maximum Gasteiger partial charge on any atom is 0.317 e. The third kappa shape index (κ3) is 6.56. The van der Waals surface area contributed by atoms with Gasteiger partial charge in [-0.2, -0.15) is 0 Å². The Hall–Kier alpha value is -2.27. The van der Waals surface area contributed by atoms with E-state index in [-0.39, 0.29) is 17.6 Å². The van der Waals surface area contributed by atoms with Gasteiger partial charge >= 0.3 is 5.97 Å². The first-order valence-corrected chi connectivity index (χ1v) is 9.65. The van der Waals surface area contributed by atoms with E-state index in [9.17, 15) is 9.59 Å². The molecule has 0 saturated heterocycles. The zero-order valence-electron chi connectivity index (χ0n) is 15.5. The van der Waals surface area contributed by atoms with E-state index in [0.29, 0.717) is 6.54 Å². The first-order valence-electron chi connectivity index (χ1n) is 8.67. The van der Waals surface area contributed by atoms with E-state index in [1.54, 1.807) is 6.92 Å². The second kappa shape index (κ2) is 10.0. The number of esters is 1. The fourth-order valence-electron chi connectivity index (χ4n) is 2.50. The summed E-state index contributed by atoms with van der Waals surface area (Å²) in [5.74, 6) is -0.475. The number of amides is 1. The van der Waals surface area contributed by atoms with Crippen molar-refractivity contribution in [1.29, 1.82) is 0 Å². The van der Waals surface area contributed by atoms with E-state index >= 15 is 0 Å². The molecule has 138 valence electrons. The molecule has 1 atom stereocenters. The summed E-state index contributed by atoms with van der Waals surface area (Å²) in [7, 11) is 0. The van der Waals surface area contributed by atoms with E-state index < -0.39 is 6.10 Å². The van der Waals surface area contributed by atoms with Gasteiger partial charge in [0.1, 0.15) is 0 Å². The van der Waals surface area contributed by atoms with Gasteiger partial charge in [-0.15, -0.1) is 11.8 Å². The van der Waals surface area contributed by atoms with Crippen LogP contribution >= 0.6 is 11.8 Å². The van der Waals surface area contributed by atoms with Crippen LogP contribution in [-0.4, -0.2) is 30.3 Å². The lowest BCUT2D eigenvalue weighted by molar-refractivity contribution is -0.152. The Kier molecular flexibility index (Phi) is 7.73. The highest BCUT2D eigenvalue weighted by Crippen LogP contribution is 2.23. The molecule has 0 radical (unpaired) electrons. The molecule has 5 heteroatoms. The van der Waals surface area contributed by atoms with Gasteiger partial charge in [0.25, 0.3) is 5.91 Å². The first-order chi connectivity index (χ1) is 12.5. The highest BCUT2D eigenvalue weighted by Gasteiger charge is 2.17. The number of carbonyl (C=O) groups is 2. The molecule has 0 saturated carbocycles. The number of aryl methyl sites for hydroxylation is 2. The number of benzene rings is 2. The van der Waals surface area contributed by atoms with E-state index in [2.05, 4.69) is 11.4 Å². The third-order valence-electron chi connectivity index (χ3n) is 3.91. The van der Waals surface area contributed by atoms with Crippen molar-refractivity contribution < 1.29 is 14.3 Å². The molecule has 0 fully saturated rings. The molecule has 0 aliphatic carbocycles. The number of hydrogen-bond acceptors (Lipinski definition) is 4. The Morgan fingerprint density at radius 3 is 2.54 bits per heavy atom. The molecule has 2 aromatic rings. The van der Waals surface area contributed by atoms with Gasteiger partial charge in [0, 0.05) is 11.4 Å². The van der Waals surface area contributed by atoms with E-state index in [0.717, 1.165) is 22.4 Å². The topological polar surface area (TPSA) is 55.4 Å². The zero-order chi connectivity index (χ0) is 18.9. The molecule has 0 aliphatic heterocycles. The minimum Gasteiger partial charge on any atom is -0.452 e. The molecular formula is C21H25NO3S. The molecule has 0 heterocycles. The van der Waals surface area contributed by atoms with Crippen molar-refractivity contribution in [1.82, 2.24) is 5.32 Å². The van der Waals surface area contributed by atoms with Crippen LogP contribution in [0.25, 0.3) is 0 Å². The molecule has 0 aromatic heterocycles. The van der Waals surface area contributed by atoms with Gasteiger partial charge in [-0.25, -0.2) is 0 Å². The predicted molar refractivity (Wildman–Crippen MR) is 105 cm³/mol. The molecule has 1 N–H and O–H groups in total. The van der Waals surface area contributed by atoms with Gasteiger partial charge < -0.3 is 10.1 Å². The number of hydrogen-bond donors (Lipinski definition) is 1. The third-order valence-corrected chi connectivity index (χ3v) is 5.06. The maximum absolute atomic E-state index is 12.0. The number of thioether (sulfide) groups is 1. The minimum atomic E-state index is -0.794. The van der Waals surface area contributed by atoms with Crippen LogP contribution < -0.4 is 5.32 Å². The van der Waals surface area contributed by atoms with Crippen LogP contribution in [0.1, 0.15) is 23.6 Å². The van der Waals surface area contributed by atoms with E-state index in [4.69, 9.17) is 4.74 Å². The Labute approximate surface area is 159 Å². The Morgan fingerprint density at radius 1 is 1.12 bits per heavy atom. The second-order valence-corrected chi connectivity index (χ2v) is 7.23. The lowest BCUT2D eigenvalue weighted by Crippen LogP contribution is -2.37. The highest BCUT2D eigenvalue weighted by molar-refractivity contribution is 8.00. The van der Waals surface area contributed by atoms with Crippen molar-refractivity contribution in [2.24, 2.45) is 0 Å². The second-order valence-electron chi connectivity index (χ2n) is 6.22. The summed E-state index contributed by atoms with van der Waals surface area (Å²) in [6.07, 6.45) is -0.0477. The van der Waals surface area contributed by atoms with Crippen LogP contribution in [0.5, 0.6) is 0 Å². The molecule has 0 bridgehead atoms. The van der Waals surface area contributed by atoms with Gasteiger partial charge in [-0.1, -0.05) is 48.0 Å². The number of ether oxygens (including phenoxy) is 1. The van der Waals surface area contributed by atoms with Gasteiger partial charge in [-0.05, 0) is 44.4 Å². The Balaban J connectivity index is 1.71. The van der Waals surface area contributed by atoms with Crippen molar-refractivity contribution in [2.45, 2.75) is 38.2 Å². The van der Waals surface area contributed by atoms with Gasteiger partial charge in [-0.3, -0.25) is 9.59 Å². The molecule has 0 spiro atoms. The molecular weight excluding hydrogens is 346 g/mol. The fourth-order valence-corrected chi connectivity index (χ4v) is 3.29. The van der Waals surface area contributed by atoms with E-state index in [1.807, 2.05) is 56.3 Å². The zero-order valence-corrected chi connectivity index (χ0v) is 16.3. The largest absolute Gasteiger partial charge is 0.452 e. The lowest BCUT2D eigenvalue weighted by Gasteiger charge is -2.14. The summed E-state index contributed by atoms with van der Waals surface area (Å²) in [6.45, 7) is 6.16. The monoisotopic (exact) mass is 371 g/mol. The quantitative estimate of drug-likeness (QED) is 0.568. The van der Waals surface area contributed by atoms with Crippen LogP contribution in [0.4, 0.5) is 0 Å². The number of carbonyl (C=O) groups excluding carboxylic acids is 2. The Bertz CT molecular complexity index is 746. The van der Waals surface area contributed by atoms with Crippen LogP contribution in [-0.2, 0) is 20.7 Å². The Morgan fingerprint density at radius 2 is 1.85 bits per heavy atom. The van der Waals surface area contributed by atoms with Crippen molar-refractivity contribution in [3.8, 4) is 0 Å². The summed E-state index contributed by atoms with van der Waals surface area (Å²) >= 11 is 1.43. The average Bonchev–Trinajstić information content (AvgIpc) is 2.61. The molecule has 0 aliphatic rings. The molecule has 2 rings (SSSR count). The molecule has 26 heavy (non-hydrogen) atoms. The fraction of sp³-hybridized carbons (Fsp3) is 0.333. The van der Waals surface area contributed by atoms with Crippen LogP contribution in [0.2, 0.25) is 0 Å². The van der Waals surface area contributed by atoms with Crippen molar-refractivity contribution in [2.75, 3.05) is 12.3 Å². The van der Waals surface area contributed by atoms with Crippen LogP contribution in [0.15, 0.2) is 53.4 Å². The molecule has 4 nitrogen and oxygen atoms in total. The molecule has 1 amide bonds. The summed E-state index contributed by atoms with van der Waals surface area (Å²) in [5, 5.41) is 2.80. The number of rotatable bonds is 8. The van der Waals surface area contributed by atoms with Gasteiger partial charge in [0.15, 0.2) is 6.10 Å². The predicted octanol–water partition coefficient (Wildman–Crippen LogP) is 3.69. The standard InChI is InChI=1S/C21H25NO3S/c1-15-9-10-19(16(2)13-15)26-14-20(23)25-17(3)21(24)22-12-11-18-7-5-4-6-8-18/h4-10,13,17H,11-12,14H2,1-3H3,(H,22,24)/t17-/m0/s1. The summed E-state index contributed by atoms with van der Waals surface area (Å²) in [5.41, 5.74) is 3.48. The van der Waals surface area contributed by atoms with Crippen molar-refractivity contribution >= 4 is 23.6 Å². The summed E-state index contributed by atoms with van der Waals surface area (Å²) in [6, 6.07) is 16.0. The normalized spacial score (nSPS) is 11.7. The van der Waals surface area contributed by atoms with E-state index in [1.165, 1.54) is 17.3 Å². The average molecular weight is 372 g/mol. The molecule has 0 unspecified atom stereocenters. The SMILES string of the molecule is Cc1ccc(SCC(=O)O[C@@H](C)C(=O)NCCc2ccccc2)c(C)c1. The van der Waals surface area contributed by atoms with Gasteiger partial charge in [0.05, 0.1) is 5.75 Å². The smallest absolute Gasteiger partial charge is 0.317 e. The van der Waals surface area contributed by atoms with Crippen molar-refractivity contribution in [3.63, 3.8) is 0 Å². The van der Waals surface area contributed by atoms with Gasteiger partial charge in [0.2, 0.25) is 0 Å².